The van der Waals surface area contributed by atoms with Gasteiger partial charge in [0.05, 0.1) is 11.9 Å². The van der Waals surface area contributed by atoms with Gasteiger partial charge in [0.25, 0.3) is 0 Å². The zero-order chi connectivity index (χ0) is 24.3. The molecule has 1 saturated heterocycles. The van der Waals surface area contributed by atoms with Crippen LogP contribution in [-0.2, 0) is 13.9 Å². The van der Waals surface area contributed by atoms with E-state index in [2.05, 4.69) is 10.1 Å². The average Bonchev–Trinajstić information content (AvgIpc) is 3.02. The minimum absolute atomic E-state index is 0.0251. The Morgan fingerprint density at radius 1 is 1.39 bits per heavy atom. The number of carbonyl (C=O) groups is 1. The fourth-order valence-corrected chi connectivity index (χ4v) is 6.02. The van der Waals surface area contributed by atoms with Crippen LogP contribution in [0.25, 0.3) is 0 Å². The lowest BCUT2D eigenvalue weighted by Crippen LogP contribution is -2.36. The van der Waals surface area contributed by atoms with Crippen molar-refractivity contribution in [3.8, 4) is 5.75 Å². The third-order valence-electron chi connectivity index (χ3n) is 4.80. The zero-order valence-electron chi connectivity index (χ0n) is 17.7. The van der Waals surface area contributed by atoms with Gasteiger partial charge in [-0.3, -0.25) is 13.9 Å². The predicted octanol–water partition coefficient (Wildman–Crippen LogP) is 1.71. The van der Waals surface area contributed by atoms with Gasteiger partial charge in [-0.25, -0.2) is 13.8 Å². The number of aliphatic carboxylic acids is 1. The molecule has 3 rings (SSSR count). The molecule has 33 heavy (non-hydrogen) atoms. The van der Waals surface area contributed by atoms with Gasteiger partial charge in [0.1, 0.15) is 29.1 Å². The number of nitrogens with two attached hydrogens (primary N) is 1. The highest BCUT2D eigenvalue weighted by molar-refractivity contribution is 8.00. The Morgan fingerprint density at radius 2 is 2.06 bits per heavy atom. The monoisotopic (exact) mass is 502 g/mol. The fourth-order valence-electron chi connectivity index (χ4n) is 2.98. The third-order valence-corrected chi connectivity index (χ3v) is 7.97. The number of aryl methyl sites for hydroxylation is 1. The fraction of sp³-hybridized carbons (Fsp3) is 0.421. The summed E-state index contributed by atoms with van der Waals surface area (Å²) in [4.78, 5) is 26.9. The first-order valence-electron chi connectivity index (χ1n) is 9.83. The van der Waals surface area contributed by atoms with Crippen molar-refractivity contribution in [2.24, 2.45) is 0 Å². The molecule has 6 atom stereocenters. The number of aromatic nitrogens is 2. The molecule has 0 aliphatic carbocycles. The summed E-state index contributed by atoms with van der Waals surface area (Å²) in [7, 11) is -4.25. The van der Waals surface area contributed by atoms with Crippen LogP contribution in [0.5, 0.6) is 5.75 Å². The number of carboxylic acids is 1. The summed E-state index contributed by atoms with van der Waals surface area (Å²) >= 11 is 0.885. The van der Waals surface area contributed by atoms with Gasteiger partial charge in [-0.1, -0.05) is 17.7 Å². The van der Waals surface area contributed by atoms with E-state index in [1.807, 2.05) is 6.92 Å². The Kier molecular flexibility index (Phi) is 7.80. The Morgan fingerprint density at radius 3 is 2.67 bits per heavy atom. The second kappa shape index (κ2) is 10.2. The number of halogens is 1. The first-order chi connectivity index (χ1) is 15.5. The Bertz CT molecular complexity index is 1100. The summed E-state index contributed by atoms with van der Waals surface area (Å²) in [5.74, 6) is -1.15. The lowest BCUT2D eigenvalue weighted by molar-refractivity contribution is -0.138. The van der Waals surface area contributed by atoms with Gasteiger partial charge in [0.15, 0.2) is 6.17 Å². The molecule has 1 aliphatic heterocycles. The summed E-state index contributed by atoms with van der Waals surface area (Å²) in [5.41, 5.74) is 5.59. The number of anilines is 1. The first kappa shape index (κ1) is 25.2. The van der Waals surface area contributed by atoms with Crippen LogP contribution < -0.4 is 21.0 Å². The Labute approximate surface area is 192 Å². The van der Waals surface area contributed by atoms with E-state index >= 15 is 0 Å². The number of carboxylic acid groups (broad SMARTS) is 1. The lowest BCUT2D eigenvalue weighted by atomic mass is 10.1. The molecular formula is C19H24FN4O7PS. The normalized spacial score (nSPS) is 25.3. The highest BCUT2D eigenvalue weighted by Crippen LogP contribution is 2.48. The molecule has 1 aliphatic rings. The molecule has 0 spiro atoms. The number of aliphatic hydroxyl groups excluding tert-OH is 1. The number of nitrogen functional groups attached to an aromatic ring is 1. The van der Waals surface area contributed by atoms with Gasteiger partial charge < -0.3 is 20.5 Å². The van der Waals surface area contributed by atoms with Crippen molar-refractivity contribution in [1.29, 1.82) is 0 Å². The topological polar surface area (TPSA) is 166 Å². The lowest BCUT2D eigenvalue weighted by Gasteiger charge is -2.24. The largest absolute Gasteiger partial charge is 0.480 e. The number of hydrogen-bond acceptors (Lipinski definition) is 9. The number of thioether (sulfide) groups is 1. The number of aliphatic hydroxyl groups is 1. The number of hydrogen-bond donors (Lipinski definition) is 4. The number of rotatable bonds is 9. The number of alkyl halides is 1. The minimum Gasteiger partial charge on any atom is -0.480 e. The number of nitrogens with one attached hydrogen (secondary N) is 1. The van der Waals surface area contributed by atoms with Crippen molar-refractivity contribution < 1.29 is 33.0 Å². The van der Waals surface area contributed by atoms with Crippen LogP contribution in [0, 0.1) is 6.92 Å². The van der Waals surface area contributed by atoms with Crippen molar-refractivity contribution in [3.05, 3.63) is 52.6 Å². The first-order valence-corrected chi connectivity index (χ1v) is 12.3. The number of nitrogens with zero attached hydrogens (tertiary/aromatic N) is 2. The quantitative estimate of drug-likeness (QED) is 0.369. The van der Waals surface area contributed by atoms with Gasteiger partial charge in [0.2, 0.25) is 0 Å². The van der Waals surface area contributed by atoms with Crippen LogP contribution in [0.2, 0.25) is 0 Å². The molecule has 5 N–H and O–H groups in total. The maximum absolute atomic E-state index is 14.8. The predicted molar refractivity (Wildman–Crippen MR) is 120 cm³/mol. The second-order valence-electron chi connectivity index (χ2n) is 7.43. The summed E-state index contributed by atoms with van der Waals surface area (Å²) < 4.78 is 39.9. The highest BCUT2D eigenvalue weighted by Gasteiger charge is 2.46. The molecule has 0 radical (unpaired) electrons. The van der Waals surface area contributed by atoms with E-state index in [9.17, 15) is 28.8 Å². The molecule has 0 saturated carbocycles. The van der Waals surface area contributed by atoms with E-state index in [-0.39, 0.29) is 11.6 Å². The molecule has 2 heterocycles. The van der Waals surface area contributed by atoms with E-state index in [1.165, 1.54) is 31.3 Å². The van der Waals surface area contributed by atoms with Crippen LogP contribution in [0.15, 0.2) is 41.3 Å². The minimum atomic E-state index is -4.25. The molecule has 14 heteroatoms. The zero-order valence-corrected chi connectivity index (χ0v) is 19.4. The van der Waals surface area contributed by atoms with Crippen molar-refractivity contribution >= 4 is 31.3 Å². The maximum atomic E-state index is 14.8. The molecule has 0 amide bonds. The van der Waals surface area contributed by atoms with Gasteiger partial charge in [-0.05, 0) is 32.0 Å². The molecule has 180 valence electrons. The van der Waals surface area contributed by atoms with Crippen molar-refractivity contribution in [3.63, 3.8) is 0 Å². The molecule has 0 bridgehead atoms. The third kappa shape index (κ3) is 6.12. The maximum Gasteiger partial charge on any atom is 0.459 e. The molecule has 11 nitrogen and oxygen atoms in total. The van der Waals surface area contributed by atoms with Crippen molar-refractivity contribution in [1.82, 2.24) is 14.6 Å². The summed E-state index contributed by atoms with van der Waals surface area (Å²) in [5, 5.41) is 19.8. The molecule has 1 aromatic carbocycles. The van der Waals surface area contributed by atoms with E-state index in [0.29, 0.717) is 0 Å². The summed E-state index contributed by atoms with van der Waals surface area (Å²) in [6, 6.07) is 6.51. The molecule has 1 aromatic heterocycles. The number of benzene rings is 1. The summed E-state index contributed by atoms with van der Waals surface area (Å²) in [6.07, 6.45) is -2.14. The Hall–Kier alpha value is -2.44. The van der Waals surface area contributed by atoms with Crippen molar-refractivity contribution in [2.75, 3.05) is 12.3 Å². The van der Waals surface area contributed by atoms with Gasteiger partial charge >= 0.3 is 19.4 Å². The Balaban J connectivity index is 1.76. The van der Waals surface area contributed by atoms with E-state index in [1.54, 1.807) is 12.1 Å². The second-order valence-corrected chi connectivity index (χ2v) is 10.5. The van der Waals surface area contributed by atoms with Crippen LogP contribution >= 0.6 is 19.5 Å². The smallest absolute Gasteiger partial charge is 0.459 e. The van der Waals surface area contributed by atoms with Gasteiger partial charge in [0, 0.05) is 6.20 Å². The average molecular weight is 502 g/mol. The van der Waals surface area contributed by atoms with Crippen LogP contribution in [0.4, 0.5) is 10.2 Å². The molecule has 1 fully saturated rings. The molecular weight excluding hydrogens is 478 g/mol. The van der Waals surface area contributed by atoms with E-state index in [0.717, 1.165) is 21.9 Å². The van der Waals surface area contributed by atoms with Gasteiger partial charge in [-0.2, -0.15) is 10.1 Å². The van der Waals surface area contributed by atoms with E-state index in [4.69, 9.17) is 14.8 Å². The van der Waals surface area contributed by atoms with Crippen molar-refractivity contribution in [2.45, 2.75) is 42.8 Å². The molecule has 2 aromatic rings. The van der Waals surface area contributed by atoms with Crippen LogP contribution in [-0.4, -0.2) is 55.9 Å². The van der Waals surface area contributed by atoms with Gasteiger partial charge in [-0.15, -0.1) is 11.8 Å². The summed E-state index contributed by atoms with van der Waals surface area (Å²) in [6.45, 7) is 2.64. The standard InChI is InChI=1S/C19H24FN4O7PS/c1-10-3-5-12(6-4-10)31-32(29,23-11(2)18(26)27)30-9-13-16(25)15(20)17(33-13)24-8-7-14(21)22-19(24)28/h3-8,11,13,15-17,25H,9H2,1-2H3,(H,23,29)(H,26,27)(H2,21,22,28)/t11?,13-,15+,16-,17-,32?/m1/s1. The van der Waals surface area contributed by atoms with Crippen LogP contribution in [0.3, 0.4) is 0 Å². The van der Waals surface area contributed by atoms with Crippen LogP contribution in [0.1, 0.15) is 17.9 Å². The van der Waals surface area contributed by atoms with E-state index < -0.39 is 55.0 Å². The SMILES string of the molecule is Cc1ccc(OP(=O)(NC(C)C(=O)O)OC[C@H]2S[C@@H](n3ccc(N)nc3=O)[C@@H](F)[C@@H]2O)cc1. The molecule has 2 unspecified atom stereocenters. The highest BCUT2D eigenvalue weighted by atomic mass is 32.2.